The summed E-state index contributed by atoms with van der Waals surface area (Å²) in [5.41, 5.74) is 9.94. The van der Waals surface area contributed by atoms with E-state index in [2.05, 4.69) is 20.2 Å². The van der Waals surface area contributed by atoms with Crippen LogP contribution in [-0.4, -0.2) is 55.3 Å². The van der Waals surface area contributed by atoms with Crippen LogP contribution in [0.25, 0.3) is 33.3 Å². The molecule has 1 aliphatic rings. The van der Waals surface area contributed by atoms with Gasteiger partial charge in [0, 0.05) is 61.0 Å². The summed E-state index contributed by atoms with van der Waals surface area (Å²) < 4.78 is 33.3. The van der Waals surface area contributed by atoms with Crippen LogP contribution in [-0.2, 0) is 4.74 Å². The van der Waals surface area contributed by atoms with Crippen molar-refractivity contribution in [1.82, 2.24) is 15.3 Å². The number of carbonyl (C=O) groups is 1. The maximum atomic E-state index is 14.3. The average Bonchev–Trinajstić information content (AvgIpc) is 2.94. The molecule has 1 saturated heterocycles. The molecule has 3 heterocycles. The molecule has 4 aromatic rings. The molecular weight excluding hydrogens is 488 g/mol. The second-order valence-electron chi connectivity index (χ2n) is 9.31. The van der Waals surface area contributed by atoms with Crippen LogP contribution in [0, 0.1) is 11.6 Å². The summed E-state index contributed by atoms with van der Waals surface area (Å²) in [5.74, 6) is -1.81. The monoisotopic (exact) mass is 517 g/mol. The molecule has 0 atom stereocenters. The van der Waals surface area contributed by atoms with Crippen molar-refractivity contribution in [3.63, 3.8) is 0 Å². The predicted molar refractivity (Wildman–Crippen MR) is 144 cm³/mol. The Hall–Kier alpha value is -3.95. The average molecular weight is 518 g/mol. The predicted octanol–water partition coefficient (Wildman–Crippen LogP) is 4.55. The SMILES string of the molecule is COC(=O)c1cccc(-c2ccc3ncc(-c4cc(F)cc(F)c4)c(N4CCC(NCCN)CC4)c3c2)n1. The third-order valence-corrected chi connectivity index (χ3v) is 6.84. The minimum absolute atomic E-state index is 0.208. The molecule has 0 bridgehead atoms. The normalized spacial score (nSPS) is 14.2. The highest BCUT2D eigenvalue weighted by atomic mass is 19.1. The Kier molecular flexibility index (Phi) is 7.57. The molecule has 0 unspecified atom stereocenters. The van der Waals surface area contributed by atoms with Gasteiger partial charge in [-0.25, -0.2) is 18.6 Å². The first kappa shape index (κ1) is 25.7. The smallest absolute Gasteiger partial charge is 0.356 e. The van der Waals surface area contributed by atoms with Gasteiger partial charge in [-0.1, -0.05) is 12.1 Å². The van der Waals surface area contributed by atoms with E-state index in [1.807, 2.05) is 24.3 Å². The number of methoxy groups -OCH3 is 1. The number of fused-ring (bicyclic) bond motifs is 1. The zero-order valence-electron chi connectivity index (χ0n) is 21.1. The molecule has 0 aliphatic carbocycles. The van der Waals surface area contributed by atoms with Crippen molar-refractivity contribution in [3.05, 3.63) is 78.1 Å². The molecule has 0 spiro atoms. The van der Waals surface area contributed by atoms with E-state index in [-0.39, 0.29) is 5.69 Å². The number of benzene rings is 2. The van der Waals surface area contributed by atoms with Gasteiger partial charge in [-0.15, -0.1) is 0 Å². The molecule has 0 amide bonds. The van der Waals surface area contributed by atoms with E-state index < -0.39 is 17.6 Å². The zero-order valence-corrected chi connectivity index (χ0v) is 21.1. The fourth-order valence-corrected chi connectivity index (χ4v) is 5.01. The standard InChI is InChI=1S/C29H29F2N5O2/c1-38-29(37)27-4-2-3-25(35-27)18-5-6-26-23(15-18)28(36-11-7-22(8-12-36)33-10-9-32)24(17-34-26)19-13-20(30)16-21(31)14-19/h2-6,13-17,22,33H,7-12,32H2,1H3. The van der Waals surface area contributed by atoms with Gasteiger partial charge >= 0.3 is 5.97 Å². The fourth-order valence-electron chi connectivity index (χ4n) is 5.01. The van der Waals surface area contributed by atoms with Gasteiger partial charge in [-0.2, -0.15) is 0 Å². The number of carbonyl (C=O) groups excluding carboxylic acids is 1. The van der Waals surface area contributed by atoms with Gasteiger partial charge < -0.3 is 20.7 Å². The number of aromatic nitrogens is 2. The Balaban J connectivity index is 1.63. The number of pyridine rings is 2. The quantitative estimate of drug-likeness (QED) is 0.348. The summed E-state index contributed by atoms with van der Waals surface area (Å²) >= 11 is 0. The second-order valence-corrected chi connectivity index (χ2v) is 9.31. The van der Waals surface area contributed by atoms with Crippen LogP contribution < -0.4 is 16.0 Å². The van der Waals surface area contributed by atoms with Crippen molar-refractivity contribution in [2.24, 2.45) is 5.73 Å². The summed E-state index contributed by atoms with van der Waals surface area (Å²) in [5, 5.41) is 4.32. The number of halogens is 2. The summed E-state index contributed by atoms with van der Waals surface area (Å²) in [4.78, 5) is 23.4. The van der Waals surface area contributed by atoms with Gasteiger partial charge in [0.25, 0.3) is 0 Å². The summed E-state index contributed by atoms with van der Waals surface area (Å²) in [6.45, 7) is 2.86. The number of rotatable bonds is 7. The minimum atomic E-state index is -0.645. The van der Waals surface area contributed by atoms with Crippen molar-refractivity contribution in [1.29, 1.82) is 0 Å². The van der Waals surface area contributed by atoms with Gasteiger partial charge in [-0.3, -0.25) is 4.98 Å². The molecule has 9 heteroatoms. The van der Waals surface area contributed by atoms with Gasteiger partial charge in [-0.05, 0) is 54.8 Å². The molecule has 5 rings (SSSR count). The van der Waals surface area contributed by atoms with Crippen LogP contribution in [0.5, 0.6) is 0 Å². The van der Waals surface area contributed by atoms with Gasteiger partial charge in [0.2, 0.25) is 0 Å². The first-order valence-electron chi connectivity index (χ1n) is 12.6. The van der Waals surface area contributed by atoms with E-state index in [4.69, 9.17) is 10.5 Å². The molecule has 1 fully saturated rings. The highest BCUT2D eigenvalue weighted by molar-refractivity contribution is 6.01. The Morgan fingerprint density at radius 1 is 1.08 bits per heavy atom. The third kappa shape index (κ3) is 5.34. The lowest BCUT2D eigenvalue weighted by atomic mass is 9.96. The van der Waals surface area contributed by atoms with E-state index in [1.165, 1.54) is 19.2 Å². The number of anilines is 1. The van der Waals surface area contributed by atoms with Crippen LogP contribution in [0.3, 0.4) is 0 Å². The first-order chi connectivity index (χ1) is 18.5. The number of ether oxygens (including phenoxy) is 1. The van der Waals surface area contributed by atoms with Gasteiger partial charge in [0.1, 0.15) is 17.3 Å². The summed E-state index contributed by atoms with van der Waals surface area (Å²) in [6.07, 6.45) is 3.49. The lowest BCUT2D eigenvalue weighted by Gasteiger charge is -2.36. The molecule has 2 aromatic heterocycles. The largest absolute Gasteiger partial charge is 0.464 e. The van der Waals surface area contributed by atoms with Crippen molar-refractivity contribution in [2.75, 3.05) is 38.2 Å². The van der Waals surface area contributed by atoms with Crippen LogP contribution >= 0.6 is 0 Å². The van der Waals surface area contributed by atoms with E-state index in [0.29, 0.717) is 29.4 Å². The Morgan fingerprint density at radius 3 is 2.55 bits per heavy atom. The lowest BCUT2D eigenvalue weighted by molar-refractivity contribution is 0.0594. The van der Waals surface area contributed by atoms with Crippen LogP contribution in [0.4, 0.5) is 14.5 Å². The van der Waals surface area contributed by atoms with E-state index >= 15 is 0 Å². The minimum Gasteiger partial charge on any atom is -0.464 e. The highest BCUT2D eigenvalue weighted by Gasteiger charge is 2.24. The first-order valence-corrected chi connectivity index (χ1v) is 12.6. The Morgan fingerprint density at radius 2 is 1.84 bits per heavy atom. The second kappa shape index (κ2) is 11.2. The molecule has 1 aliphatic heterocycles. The molecule has 0 radical (unpaired) electrons. The zero-order chi connectivity index (χ0) is 26.6. The number of nitrogens with two attached hydrogens (primary N) is 1. The molecule has 3 N–H and O–H groups in total. The number of piperidine rings is 1. The molecule has 38 heavy (non-hydrogen) atoms. The number of esters is 1. The number of nitrogens with zero attached hydrogens (tertiary/aromatic N) is 3. The summed E-state index contributed by atoms with van der Waals surface area (Å²) in [7, 11) is 1.32. The topological polar surface area (TPSA) is 93.4 Å². The number of hydrogen-bond acceptors (Lipinski definition) is 7. The van der Waals surface area contributed by atoms with Crippen molar-refractivity contribution in [3.8, 4) is 22.4 Å². The molecule has 196 valence electrons. The highest BCUT2D eigenvalue weighted by Crippen LogP contribution is 2.39. The Labute approximate surface area is 219 Å². The maximum absolute atomic E-state index is 14.3. The number of hydrogen-bond donors (Lipinski definition) is 2. The van der Waals surface area contributed by atoms with Crippen molar-refractivity contribution >= 4 is 22.6 Å². The summed E-state index contributed by atoms with van der Waals surface area (Å²) in [6, 6.07) is 14.8. The van der Waals surface area contributed by atoms with E-state index in [1.54, 1.807) is 18.3 Å². The van der Waals surface area contributed by atoms with Gasteiger partial charge in [0.05, 0.1) is 24.0 Å². The lowest BCUT2D eigenvalue weighted by Crippen LogP contribution is -2.44. The molecule has 0 saturated carbocycles. The van der Waals surface area contributed by atoms with Crippen LogP contribution in [0.2, 0.25) is 0 Å². The maximum Gasteiger partial charge on any atom is 0.356 e. The third-order valence-electron chi connectivity index (χ3n) is 6.84. The van der Waals surface area contributed by atoms with E-state index in [9.17, 15) is 13.6 Å². The van der Waals surface area contributed by atoms with Crippen molar-refractivity contribution in [2.45, 2.75) is 18.9 Å². The van der Waals surface area contributed by atoms with E-state index in [0.717, 1.165) is 60.7 Å². The Bertz CT molecular complexity index is 1450. The molecule has 2 aromatic carbocycles. The fraction of sp³-hybridized carbons (Fsp3) is 0.276. The van der Waals surface area contributed by atoms with Crippen molar-refractivity contribution < 1.29 is 18.3 Å². The van der Waals surface area contributed by atoms with Crippen LogP contribution in [0.1, 0.15) is 23.3 Å². The number of nitrogens with one attached hydrogen (secondary N) is 1. The van der Waals surface area contributed by atoms with Crippen LogP contribution in [0.15, 0.2) is 60.8 Å². The molecular formula is C29H29F2N5O2. The van der Waals surface area contributed by atoms with Gasteiger partial charge in [0.15, 0.2) is 0 Å². The molecule has 7 nitrogen and oxygen atoms in total.